The monoisotopic (exact) mass is 325 g/mol. The first-order valence-electron chi connectivity index (χ1n) is 8.51. The molecule has 2 unspecified atom stereocenters. The van der Waals surface area contributed by atoms with Crippen LogP contribution >= 0.6 is 0 Å². The maximum atomic E-state index is 11.9. The third-order valence-electron chi connectivity index (χ3n) is 5.78. The van der Waals surface area contributed by atoms with E-state index in [1.807, 2.05) is 24.3 Å². The van der Waals surface area contributed by atoms with Crippen LogP contribution in [0.2, 0.25) is 0 Å². The molecule has 0 amide bonds. The van der Waals surface area contributed by atoms with E-state index in [2.05, 4.69) is 45.0 Å². The van der Waals surface area contributed by atoms with E-state index in [-0.39, 0.29) is 17.2 Å². The van der Waals surface area contributed by atoms with Gasteiger partial charge < -0.3 is 15.1 Å². The number of phenolic OH excluding ortho intramolecular Hbond substituents is 1. The summed E-state index contributed by atoms with van der Waals surface area (Å²) in [5, 5.41) is 21.9. The first-order chi connectivity index (χ1) is 11.3. The summed E-state index contributed by atoms with van der Waals surface area (Å²) in [5.41, 5.74) is 1.66. The molecule has 0 aliphatic heterocycles. The standard InChI is InChI=1S/C21H27NO2/c1-20(2)19(22(3)4)12-16-10-11-17(23)13-18(16)21(20,24)14-15-8-6-5-7-9-15/h5-11,13,19,23-24H,12,14H2,1-4H3. The number of aromatic hydroxyl groups is 1. The van der Waals surface area contributed by atoms with Crippen LogP contribution in [0.25, 0.3) is 0 Å². The van der Waals surface area contributed by atoms with Crippen molar-refractivity contribution in [1.82, 2.24) is 4.90 Å². The van der Waals surface area contributed by atoms with Crippen LogP contribution < -0.4 is 0 Å². The Kier molecular flexibility index (Phi) is 4.18. The maximum Gasteiger partial charge on any atom is 0.115 e. The van der Waals surface area contributed by atoms with E-state index in [1.165, 1.54) is 0 Å². The van der Waals surface area contributed by atoms with E-state index in [4.69, 9.17) is 0 Å². The van der Waals surface area contributed by atoms with Crippen LogP contribution in [-0.2, 0) is 18.4 Å². The third-order valence-corrected chi connectivity index (χ3v) is 5.78. The molecule has 1 aliphatic rings. The molecule has 24 heavy (non-hydrogen) atoms. The molecular formula is C21H27NO2. The van der Waals surface area contributed by atoms with Gasteiger partial charge in [-0.2, -0.15) is 0 Å². The van der Waals surface area contributed by atoms with Crippen molar-refractivity contribution in [3.8, 4) is 5.75 Å². The van der Waals surface area contributed by atoms with Crippen LogP contribution in [0, 0.1) is 5.41 Å². The van der Waals surface area contributed by atoms with Gasteiger partial charge in [-0.25, -0.2) is 0 Å². The van der Waals surface area contributed by atoms with E-state index >= 15 is 0 Å². The molecule has 0 aromatic heterocycles. The van der Waals surface area contributed by atoms with E-state index in [0.717, 1.165) is 23.1 Å². The summed E-state index contributed by atoms with van der Waals surface area (Å²) < 4.78 is 0. The molecule has 2 atom stereocenters. The lowest BCUT2D eigenvalue weighted by Crippen LogP contribution is -2.59. The number of hydrogen-bond donors (Lipinski definition) is 2. The highest BCUT2D eigenvalue weighted by Crippen LogP contribution is 2.51. The van der Waals surface area contributed by atoms with E-state index < -0.39 is 5.60 Å². The summed E-state index contributed by atoms with van der Waals surface area (Å²) in [6, 6.07) is 15.7. The second-order valence-corrected chi connectivity index (χ2v) is 7.77. The van der Waals surface area contributed by atoms with Crippen molar-refractivity contribution in [3.05, 3.63) is 65.2 Å². The predicted octanol–water partition coefficient (Wildman–Crippen LogP) is 3.34. The molecular weight excluding hydrogens is 298 g/mol. The highest BCUT2D eigenvalue weighted by atomic mass is 16.3. The van der Waals surface area contributed by atoms with Crippen LogP contribution in [0.4, 0.5) is 0 Å². The Morgan fingerprint density at radius 2 is 1.75 bits per heavy atom. The Bertz CT molecular complexity index is 724. The van der Waals surface area contributed by atoms with Crippen LogP contribution in [0.5, 0.6) is 5.75 Å². The average Bonchev–Trinajstić information content (AvgIpc) is 2.52. The van der Waals surface area contributed by atoms with Gasteiger partial charge in [0.15, 0.2) is 0 Å². The van der Waals surface area contributed by atoms with Gasteiger partial charge >= 0.3 is 0 Å². The summed E-state index contributed by atoms with van der Waals surface area (Å²) in [4.78, 5) is 2.20. The molecule has 0 bridgehead atoms. The number of likely N-dealkylation sites (N-methyl/N-ethyl adjacent to an activating group) is 1. The second-order valence-electron chi connectivity index (χ2n) is 7.77. The Morgan fingerprint density at radius 3 is 2.38 bits per heavy atom. The minimum Gasteiger partial charge on any atom is -0.508 e. The highest BCUT2D eigenvalue weighted by molar-refractivity contribution is 5.44. The normalized spacial score (nSPS) is 25.5. The first-order valence-corrected chi connectivity index (χ1v) is 8.51. The van der Waals surface area contributed by atoms with E-state index in [1.54, 1.807) is 12.1 Å². The molecule has 3 nitrogen and oxygen atoms in total. The number of hydrogen-bond acceptors (Lipinski definition) is 3. The molecule has 0 radical (unpaired) electrons. The molecule has 0 heterocycles. The molecule has 2 aromatic carbocycles. The zero-order valence-corrected chi connectivity index (χ0v) is 15.0. The minimum absolute atomic E-state index is 0.208. The maximum absolute atomic E-state index is 11.9. The Hall–Kier alpha value is -1.84. The third kappa shape index (κ3) is 2.62. The summed E-state index contributed by atoms with van der Waals surface area (Å²) in [6.45, 7) is 4.27. The van der Waals surface area contributed by atoms with Gasteiger partial charge in [0.2, 0.25) is 0 Å². The van der Waals surface area contributed by atoms with Crippen molar-refractivity contribution in [2.75, 3.05) is 14.1 Å². The largest absolute Gasteiger partial charge is 0.508 e. The number of nitrogens with zero attached hydrogens (tertiary/aromatic N) is 1. The minimum atomic E-state index is -1.05. The molecule has 1 aliphatic carbocycles. The van der Waals surface area contributed by atoms with Crippen LogP contribution in [0.15, 0.2) is 48.5 Å². The van der Waals surface area contributed by atoms with Gasteiger partial charge in [0, 0.05) is 17.9 Å². The van der Waals surface area contributed by atoms with Gasteiger partial charge in [0.05, 0.1) is 0 Å². The number of fused-ring (bicyclic) bond motifs is 1. The van der Waals surface area contributed by atoms with Crippen LogP contribution in [0.1, 0.15) is 30.5 Å². The molecule has 0 saturated carbocycles. The molecule has 128 valence electrons. The number of benzene rings is 2. The van der Waals surface area contributed by atoms with Crippen molar-refractivity contribution in [1.29, 1.82) is 0 Å². The molecule has 2 aromatic rings. The Labute approximate surface area is 144 Å². The summed E-state index contributed by atoms with van der Waals surface area (Å²) in [5.74, 6) is 0.208. The van der Waals surface area contributed by atoms with Crippen LogP contribution in [0.3, 0.4) is 0 Å². The first kappa shape index (κ1) is 17.0. The zero-order valence-electron chi connectivity index (χ0n) is 15.0. The fourth-order valence-electron chi connectivity index (χ4n) is 4.26. The lowest BCUT2D eigenvalue weighted by atomic mass is 9.58. The van der Waals surface area contributed by atoms with Crippen molar-refractivity contribution < 1.29 is 10.2 Å². The summed E-state index contributed by atoms with van der Waals surface area (Å²) in [6.07, 6.45) is 1.40. The molecule has 0 spiro atoms. The topological polar surface area (TPSA) is 43.7 Å². The second kappa shape index (κ2) is 5.91. The lowest BCUT2D eigenvalue weighted by Gasteiger charge is -2.54. The number of aliphatic hydroxyl groups is 1. The summed E-state index contributed by atoms with van der Waals surface area (Å²) in [7, 11) is 4.14. The van der Waals surface area contributed by atoms with Gasteiger partial charge in [0.25, 0.3) is 0 Å². The van der Waals surface area contributed by atoms with E-state index in [9.17, 15) is 10.2 Å². The lowest BCUT2D eigenvalue weighted by molar-refractivity contribution is -0.118. The van der Waals surface area contributed by atoms with Gasteiger partial charge in [-0.1, -0.05) is 50.2 Å². The number of rotatable bonds is 3. The van der Waals surface area contributed by atoms with Gasteiger partial charge in [-0.05, 0) is 49.3 Å². The summed E-state index contributed by atoms with van der Waals surface area (Å²) >= 11 is 0. The van der Waals surface area contributed by atoms with Gasteiger partial charge in [-0.15, -0.1) is 0 Å². The fraction of sp³-hybridized carbons (Fsp3) is 0.429. The predicted molar refractivity (Wildman–Crippen MR) is 97.1 cm³/mol. The van der Waals surface area contributed by atoms with Crippen molar-refractivity contribution in [3.63, 3.8) is 0 Å². The molecule has 3 heteroatoms. The van der Waals surface area contributed by atoms with Crippen molar-refractivity contribution in [2.45, 2.75) is 38.3 Å². The van der Waals surface area contributed by atoms with E-state index in [0.29, 0.717) is 6.42 Å². The number of phenols is 1. The molecule has 0 fully saturated rings. The van der Waals surface area contributed by atoms with Crippen LogP contribution in [-0.4, -0.2) is 35.3 Å². The quantitative estimate of drug-likeness (QED) is 0.910. The highest BCUT2D eigenvalue weighted by Gasteiger charge is 2.54. The Balaban J connectivity index is 2.17. The smallest absolute Gasteiger partial charge is 0.115 e. The molecule has 3 rings (SSSR count). The zero-order chi connectivity index (χ0) is 17.5. The SMILES string of the molecule is CN(C)C1Cc2ccc(O)cc2C(O)(Cc2ccccc2)C1(C)C. The average molecular weight is 325 g/mol. The van der Waals surface area contributed by atoms with Gasteiger partial charge in [-0.3, -0.25) is 0 Å². The van der Waals surface area contributed by atoms with Gasteiger partial charge in [0.1, 0.15) is 11.4 Å². The molecule has 2 N–H and O–H groups in total. The Morgan fingerprint density at radius 1 is 1.08 bits per heavy atom. The van der Waals surface area contributed by atoms with Crippen molar-refractivity contribution in [2.24, 2.45) is 5.41 Å². The van der Waals surface area contributed by atoms with Crippen molar-refractivity contribution >= 4 is 0 Å². The molecule has 0 saturated heterocycles. The fourth-order valence-corrected chi connectivity index (χ4v) is 4.26.